The summed E-state index contributed by atoms with van der Waals surface area (Å²) in [7, 11) is 0. The molecule has 0 unspecified atom stereocenters. The fourth-order valence-corrected chi connectivity index (χ4v) is 4.70. The second-order valence-electron chi connectivity index (χ2n) is 11.4. The third kappa shape index (κ3) is 6.32. The molecular formula is C35H35N3O2. The predicted octanol–water partition coefficient (Wildman–Crippen LogP) is 7.92. The topological polar surface area (TPSA) is 67.2 Å². The number of hydrogen-bond donors (Lipinski definition) is 2. The summed E-state index contributed by atoms with van der Waals surface area (Å²) >= 11 is 0. The smallest absolute Gasteiger partial charge is 0.326 e. The zero-order valence-electron chi connectivity index (χ0n) is 23.4. The summed E-state index contributed by atoms with van der Waals surface area (Å²) < 4.78 is 1.87. The van der Waals surface area contributed by atoms with E-state index in [2.05, 4.69) is 98.8 Å². The number of anilines is 1. The SMILES string of the molecule is Cc1ccc(-c2ccc(-n3cc(-c4ccc(C[C@H](Nc5ccc(C(C)(C)C)cc5)C(=O)O)cc4)cn3)cc2)cc1. The quantitative estimate of drug-likeness (QED) is 0.214. The summed E-state index contributed by atoms with van der Waals surface area (Å²) in [6.45, 7) is 8.57. The summed E-state index contributed by atoms with van der Waals surface area (Å²) in [4.78, 5) is 12.0. The molecule has 0 aliphatic rings. The third-order valence-electron chi connectivity index (χ3n) is 7.22. The highest BCUT2D eigenvalue weighted by atomic mass is 16.4. The van der Waals surface area contributed by atoms with Crippen molar-refractivity contribution in [2.75, 3.05) is 5.32 Å². The van der Waals surface area contributed by atoms with Crippen LogP contribution in [-0.4, -0.2) is 26.9 Å². The fourth-order valence-electron chi connectivity index (χ4n) is 4.70. The highest BCUT2D eigenvalue weighted by molar-refractivity contribution is 5.78. The van der Waals surface area contributed by atoms with Crippen LogP contribution in [0.5, 0.6) is 0 Å². The number of carboxylic acid groups (broad SMARTS) is 1. The molecule has 5 rings (SSSR count). The van der Waals surface area contributed by atoms with E-state index in [1.54, 1.807) is 0 Å². The van der Waals surface area contributed by atoms with E-state index in [9.17, 15) is 9.90 Å². The molecule has 0 saturated carbocycles. The second-order valence-corrected chi connectivity index (χ2v) is 11.4. The number of rotatable bonds is 8. The van der Waals surface area contributed by atoms with Gasteiger partial charge in [-0.3, -0.25) is 0 Å². The summed E-state index contributed by atoms with van der Waals surface area (Å²) in [5, 5.41) is 17.6. The van der Waals surface area contributed by atoms with Crippen LogP contribution >= 0.6 is 0 Å². The summed E-state index contributed by atoms with van der Waals surface area (Å²) in [6, 6.07) is 32.2. The third-order valence-corrected chi connectivity index (χ3v) is 7.22. The molecule has 5 aromatic rings. The van der Waals surface area contributed by atoms with E-state index in [4.69, 9.17) is 0 Å². The Bertz CT molecular complexity index is 1580. The van der Waals surface area contributed by atoms with Gasteiger partial charge in [-0.25, -0.2) is 9.48 Å². The zero-order chi connectivity index (χ0) is 28.3. The molecule has 0 aliphatic heterocycles. The summed E-state index contributed by atoms with van der Waals surface area (Å²) in [5.41, 5.74) is 9.65. The molecule has 202 valence electrons. The maximum absolute atomic E-state index is 12.0. The van der Waals surface area contributed by atoms with Crippen molar-refractivity contribution in [3.8, 4) is 27.9 Å². The lowest BCUT2D eigenvalue weighted by Crippen LogP contribution is -2.31. The number of benzene rings is 4. The maximum atomic E-state index is 12.0. The highest BCUT2D eigenvalue weighted by Gasteiger charge is 2.19. The summed E-state index contributed by atoms with van der Waals surface area (Å²) in [6.07, 6.45) is 4.24. The Morgan fingerprint density at radius 3 is 1.93 bits per heavy atom. The Kier molecular flexibility index (Phi) is 7.56. The van der Waals surface area contributed by atoms with Crippen molar-refractivity contribution < 1.29 is 9.90 Å². The largest absolute Gasteiger partial charge is 0.480 e. The molecule has 1 aromatic heterocycles. The van der Waals surface area contributed by atoms with Gasteiger partial charge in [-0.1, -0.05) is 99.1 Å². The molecule has 0 saturated heterocycles. The molecule has 1 heterocycles. The molecule has 0 bridgehead atoms. The van der Waals surface area contributed by atoms with Gasteiger partial charge in [0.15, 0.2) is 0 Å². The normalized spacial score (nSPS) is 12.2. The van der Waals surface area contributed by atoms with Crippen LogP contribution in [0, 0.1) is 6.92 Å². The molecule has 0 radical (unpaired) electrons. The molecular weight excluding hydrogens is 494 g/mol. The van der Waals surface area contributed by atoms with Crippen LogP contribution in [0.3, 0.4) is 0 Å². The number of carbonyl (C=O) groups is 1. The number of aryl methyl sites for hydroxylation is 1. The molecule has 2 N–H and O–H groups in total. The van der Waals surface area contributed by atoms with Gasteiger partial charge in [0.05, 0.1) is 11.9 Å². The molecule has 5 nitrogen and oxygen atoms in total. The van der Waals surface area contributed by atoms with Crippen LogP contribution in [-0.2, 0) is 16.6 Å². The molecule has 1 atom stereocenters. The van der Waals surface area contributed by atoms with Crippen LogP contribution in [0.2, 0.25) is 0 Å². The van der Waals surface area contributed by atoms with Gasteiger partial charge < -0.3 is 10.4 Å². The van der Waals surface area contributed by atoms with Gasteiger partial charge in [0.1, 0.15) is 6.04 Å². The van der Waals surface area contributed by atoms with E-state index in [1.165, 1.54) is 22.3 Å². The van der Waals surface area contributed by atoms with Crippen LogP contribution in [0.1, 0.15) is 37.5 Å². The second kappa shape index (κ2) is 11.2. The monoisotopic (exact) mass is 529 g/mol. The molecule has 0 fully saturated rings. The minimum absolute atomic E-state index is 0.0509. The lowest BCUT2D eigenvalue weighted by molar-refractivity contribution is -0.137. The van der Waals surface area contributed by atoms with E-state index in [0.717, 1.165) is 28.1 Å². The average Bonchev–Trinajstić information content (AvgIpc) is 3.44. The van der Waals surface area contributed by atoms with Crippen molar-refractivity contribution in [3.63, 3.8) is 0 Å². The number of aliphatic carboxylic acids is 1. The molecule has 0 amide bonds. The fraction of sp³-hybridized carbons (Fsp3) is 0.200. The minimum atomic E-state index is -0.876. The standard InChI is InChI=1S/C35H35N3O2/c1-24-5-9-26(10-6-24)27-13-19-32(20-14-27)38-23-29(22-36-38)28-11-7-25(8-12-28)21-33(34(39)40)37-31-17-15-30(16-18-31)35(2,3)4/h5-20,22-23,33,37H,21H2,1-4H3,(H,39,40)/t33-/m0/s1. The number of hydrogen-bond acceptors (Lipinski definition) is 3. The van der Waals surface area contributed by atoms with Gasteiger partial charge in [0.25, 0.3) is 0 Å². The van der Waals surface area contributed by atoms with E-state index in [1.807, 2.05) is 53.5 Å². The minimum Gasteiger partial charge on any atom is -0.480 e. The zero-order valence-corrected chi connectivity index (χ0v) is 23.4. The van der Waals surface area contributed by atoms with Crippen LogP contribution in [0.25, 0.3) is 27.9 Å². The Hall–Kier alpha value is -4.64. The molecule has 4 aromatic carbocycles. The molecule has 40 heavy (non-hydrogen) atoms. The Morgan fingerprint density at radius 2 is 1.35 bits per heavy atom. The van der Waals surface area contributed by atoms with Crippen LogP contribution < -0.4 is 5.32 Å². The van der Waals surface area contributed by atoms with E-state index < -0.39 is 12.0 Å². The van der Waals surface area contributed by atoms with Gasteiger partial charge in [-0.15, -0.1) is 0 Å². The first-order valence-electron chi connectivity index (χ1n) is 13.6. The number of nitrogens with one attached hydrogen (secondary N) is 1. The predicted molar refractivity (Wildman–Crippen MR) is 163 cm³/mol. The van der Waals surface area contributed by atoms with Gasteiger partial charge in [0.2, 0.25) is 0 Å². The first-order valence-corrected chi connectivity index (χ1v) is 13.6. The number of carboxylic acids is 1. The van der Waals surface area contributed by atoms with Gasteiger partial charge in [-0.2, -0.15) is 5.10 Å². The van der Waals surface area contributed by atoms with Gasteiger partial charge in [0, 0.05) is 23.9 Å². The van der Waals surface area contributed by atoms with Gasteiger partial charge in [-0.05, 0) is 64.4 Å². The first-order chi connectivity index (χ1) is 19.2. The van der Waals surface area contributed by atoms with Crippen molar-refractivity contribution in [1.82, 2.24) is 9.78 Å². The lowest BCUT2D eigenvalue weighted by atomic mass is 9.87. The van der Waals surface area contributed by atoms with Gasteiger partial charge >= 0.3 is 5.97 Å². The Morgan fingerprint density at radius 1 is 0.800 bits per heavy atom. The van der Waals surface area contributed by atoms with Crippen LogP contribution in [0.15, 0.2) is 109 Å². The first kappa shape index (κ1) is 26.9. The van der Waals surface area contributed by atoms with E-state index in [-0.39, 0.29) is 5.41 Å². The number of aromatic nitrogens is 2. The summed E-state index contributed by atoms with van der Waals surface area (Å²) in [5.74, 6) is -0.876. The molecule has 5 heteroatoms. The Balaban J connectivity index is 1.25. The van der Waals surface area contributed by atoms with Crippen LogP contribution in [0.4, 0.5) is 5.69 Å². The molecule has 0 spiro atoms. The van der Waals surface area contributed by atoms with Crippen molar-refractivity contribution in [1.29, 1.82) is 0 Å². The van der Waals surface area contributed by atoms with Crippen molar-refractivity contribution in [2.45, 2.75) is 45.6 Å². The van der Waals surface area contributed by atoms with Crippen molar-refractivity contribution in [2.24, 2.45) is 0 Å². The Labute approximate surface area is 236 Å². The average molecular weight is 530 g/mol. The highest BCUT2D eigenvalue weighted by Crippen LogP contribution is 2.26. The van der Waals surface area contributed by atoms with Crippen molar-refractivity contribution >= 4 is 11.7 Å². The number of nitrogens with zero attached hydrogens (tertiary/aromatic N) is 2. The van der Waals surface area contributed by atoms with E-state index in [0.29, 0.717) is 6.42 Å². The lowest BCUT2D eigenvalue weighted by Gasteiger charge is -2.20. The van der Waals surface area contributed by atoms with E-state index >= 15 is 0 Å². The maximum Gasteiger partial charge on any atom is 0.326 e. The van der Waals surface area contributed by atoms with Crippen molar-refractivity contribution in [3.05, 3.63) is 126 Å². The molecule has 0 aliphatic carbocycles.